The number of nitrogens with one attached hydrogen (secondary N) is 2. The summed E-state index contributed by atoms with van der Waals surface area (Å²) in [6, 6.07) is 8.53. The molecule has 2 heterocycles. The topological polar surface area (TPSA) is 69.8 Å². The number of aliphatic hydroxyl groups is 1. The Kier molecular flexibility index (Phi) is 6.94. The lowest BCUT2D eigenvalue weighted by atomic mass is 9.93. The molecular formula is C19H27N3O2S. The van der Waals surface area contributed by atoms with E-state index < -0.39 is 0 Å². The Bertz CT molecular complexity index is 617. The van der Waals surface area contributed by atoms with E-state index in [1.807, 2.05) is 12.1 Å². The van der Waals surface area contributed by atoms with Crippen molar-refractivity contribution in [3.63, 3.8) is 0 Å². The van der Waals surface area contributed by atoms with Gasteiger partial charge in [-0.15, -0.1) is 11.3 Å². The molecule has 1 aliphatic carbocycles. The molecule has 2 aromatic rings. The van der Waals surface area contributed by atoms with Gasteiger partial charge in [-0.05, 0) is 49.3 Å². The number of hydrogen-bond acceptors (Lipinski definition) is 4. The van der Waals surface area contributed by atoms with Crippen molar-refractivity contribution in [2.45, 2.75) is 50.7 Å². The zero-order valence-electron chi connectivity index (χ0n) is 14.5. The largest absolute Gasteiger partial charge is 0.469 e. The number of aliphatic hydroxyl groups excluding tert-OH is 1. The third kappa shape index (κ3) is 6.21. The molecule has 2 aromatic heterocycles. The molecule has 136 valence electrons. The van der Waals surface area contributed by atoms with Gasteiger partial charge in [0.1, 0.15) is 5.76 Å². The van der Waals surface area contributed by atoms with Gasteiger partial charge in [0.2, 0.25) is 0 Å². The van der Waals surface area contributed by atoms with Crippen molar-refractivity contribution in [3.8, 4) is 0 Å². The first-order valence-electron chi connectivity index (χ1n) is 9.07. The molecule has 1 aliphatic rings. The molecule has 1 saturated carbocycles. The minimum Gasteiger partial charge on any atom is -0.469 e. The molecule has 0 radical (unpaired) electrons. The molecule has 3 N–H and O–H groups in total. The highest BCUT2D eigenvalue weighted by atomic mass is 32.1. The minimum absolute atomic E-state index is 0.135. The molecule has 0 aliphatic heterocycles. The van der Waals surface area contributed by atoms with Crippen LogP contribution in [-0.4, -0.2) is 36.3 Å². The van der Waals surface area contributed by atoms with Crippen LogP contribution in [-0.2, 0) is 12.8 Å². The average Bonchev–Trinajstić information content (AvgIpc) is 3.30. The van der Waals surface area contributed by atoms with Gasteiger partial charge >= 0.3 is 0 Å². The van der Waals surface area contributed by atoms with Crippen LogP contribution in [0.5, 0.6) is 0 Å². The molecule has 6 heteroatoms. The third-order valence-corrected chi connectivity index (χ3v) is 5.43. The fraction of sp³-hybridized carbons (Fsp3) is 0.526. The molecule has 0 amide bonds. The van der Waals surface area contributed by atoms with Crippen LogP contribution in [0.1, 0.15) is 36.3 Å². The zero-order chi connectivity index (χ0) is 17.3. The van der Waals surface area contributed by atoms with Gasteiger partial charge < -0.3 is 20.2 Å². The Hall–Kier alpha value is -1.79. The second kappa shape index (κ2) is 9.63. The highest BCUT2D eigenvalue weighted by molar-refractivity contribution is 7.09. The summed E-state index contributed by atoms with van der Waals surface area (Å²) in [5.41, 5.74) is 0. The first kappa shape index (κ1) is 18.0. The van der Waals surface area contributed by atoms with Gasteiger partial charge in [0.15, 0.2) is 5.96 Å². The van der Waals surface area contributed by atoms with Crippen molar-refractivity contribution in [3.05, 3.63) is 46.5 Å². The maximum Gasteiger partial charge on any atom is 0.191 e. The van der Waals surface area contributed by atoms with Crippen molar-refractivity contribution in [2.24, 2.45) is 4.99 Å². The summed E-state index contributed by atoms with van der Waals surface area (Å²) in [4.78, 5) is 6.10. The number of hydrogen-bond donors (Lipinski definition) is 3. The first-order valence-corrected chi connectivity index (χ1v) is 9.95. The highest BCUT2D eigenvalue weighted by Crippen LogP contribution is 2.18. The molecule has 25 heavy (non-hydrogen) atoms. The van der Waals surface area contributed by atoms with Crippen LogP contribution in [0.4, 0.5) is 0 Å². The van der Waals surface area contributed by atoms with Crippen molar-refractivity contribution < 1.29 is 9.52 Å². The summed E-state index contributed by atoms with van der Waals surface area (Å²) < 4.78 is 5.38. The number of rotatable bonds is 7. The summed E-state index contributed by atoms with van der Waals surface area (Å²) in [5, 5.41) is 18.7. The van der Waals surface area contributed by atoms with E-state index in [1.54, 1.807) is 17.6 Å². The molecular weight excluding hydrogens is 334 g/mol. The number of nitrogens with zero attached hydrogens (tertiary/aromatic N) is 1. The standard InChI is InChI=1S/C19H27N3O2S/c23-16-7-5-15(6-8-16)22-19(20-11-9-17-3-1-13-24-17)21-12-10-18-4-2-14-25-18/h1-4,13-16,23H,5-12H2,(H2,20,21,22). The molecule has 0 saturated heterocycles. The quantitative estimate of drug-likeness (QED) is 0.524. The van der Waals surface area contributed by atoms with Gasteiger partial charge in [-0.1, -0.05) is 6.07 Å². The summed E-state index contributed by atoms with van der Waals surface area (Å²) in [5.74, 6) is 1.84. The van der Waals surface area contributed by atoms with Crippen LogP contribution in [0.2, 0.25) is 0 Å². The van der Waals surface area contributed by atoms with Gasteiger partial charge in [-0.3, -0.25) is 4.99 Å². The Balaban J connectivity index is 1.50. The monoisotopic (exact) mass is 361 g/mol. The molecule has 0 aromatic carbocycles. The maximum absolute atomic E-state index is 9.67. The van der Waals surface area contributed by atoms with Gasteiger partial charge in [-0.25, -0.2) is 0 Å². The summed E-state index contributed by atoms with van der Waals surface area (Å²) in [6.45, 7) is 1.56. The summed E-state index contributed by atoms with van der Waals surface area (Å²) >= 11 is 1.78. The zero-order valence-corrected chi connectivity index (χ0v) is 15.3. The van der Waals surface area contributed by atoms with Crippen LogP contribution in [0.15, 0.2) is 45.3 Å². The number of thiophene rings is 1. The molecule has 0 bridgehead atoms. The lowest BCUT2D eigenvalue weighted by molar-refractivity contribution is 0.120. The highest BCUT2D eigenvalue weighted by Gasteiger charge is 2.20. The Morgan fingerprint density at radius 1 is 1.20 bits per heavy atom. The number of aliphatic imine (C=N–C) groups is 1. The van der Waals surface area contributed by atoms with Gasteiger partial charge in [0.25, 0.3) is 0 Å². The molecule has 3 rings (SSSR count). The van der Waals surface area contributed by atoms with Crippen molar-refractivity contribution in [1.82, 2.24) is 10.6 Å². The van der Waals surface area contributed by atoms with Crippen LogP contribution >= 0.6 is 11.3 Å². The summed E-state index contributed by atoms with van der Waals surface area (Å²) in [6.07, 6.45) is 7.09. The van der Waals surface area contributed by atoms with Gasteiger partial charge in [0, 0.05) is 36.9 Å². The average molecular weight is 362 g/mol. The Morgan fingerprint density at radius 2 is 2.08 bits per heavy atom. The van der Waals surface area contributed by atoms with E-state index in [9.17, 15) is 5.11 Å². The molecule has 1 fully saturated rings. The SMILES string of the molecule is OC1CCC(NC(=NCCc2cccs2)NCCc2ccco2)CC1. The third-order valence-electron chi connectivity index (χ3n) is 4.49. The fourth-order valence-corrected chi connectivity index (χ4v) is 3.76. The van der Waals surface area contributed by atoms with Crippen molar-refractivity contribution in [2.75, 3.05) is 13.1 Å². The van der Waals surface area contributed by atoms with E-state index in [-0.39, 0.29) is 6.10 Å². The van der Waals surface area contributed by atoms with Gasteiger partial charge in [-0.2, -0.15) is 0 Å². The normalized spacial score (nSPS) is 21.2. The van der Waals surface area contributed by atoms with E-state index in [0.717, 1.165) is 63.3 Å². The van der Waals surface area contributed by atoms with Crippen LogP contribution < -0.4 is 10.6 Å². The predicted octanol–water partition coefficient (Wildman–Crippen LogP) is 2.97. The van der Waals surface area contributed by atoms with Crippen molar-refractivity contribution in [1.29, 1.82) is 0 Å². The molecule has 5 nitrogen and oxygen atoms in total. The fourth-order valence-electron chi connectivity index (χ4n) is 3.06. The Labute approximate surface area is 153 Å². The van der Waals surface area contributed by atoms with E-state index in [2.05, 4.69) is 28.1 Å². The second-order valence-corrected chi connectivity index (χ2v) is 7.50. The molecule has 0 atom stereocenters. The number of furan rings is 1. The van der Waals surface area contributed by atoms with E-state index >= 15 is 0 Å². The maximum atomic E-state index is 9.67. The van der Waals surface area contributed by atoms with Crippen LogP contribution in [0.3, 0.4) is 0 Å². The predicted molar refractivity (Wildman–Crippen MR) is 102 cm³/mol. The van der Waals surface area contributed by atoms with Crippen LogP contribution in [0.25, 0.3) is 0 Å². The summed E-state index contributed by atoms with van der Waals surface area (Å²) in [7, 11) is 0. The van der Waals surface area contributed by atoms with E-state index in [4.69, 9.17) is 9.41 Å². The second-order valence-electron chi connectivity index (χ2n) is 6.47. The molecule has 0 unspecified atom stereocenters. The lowest BCUT2D eigenvalue weighted by Crippen LogP contribution is -2.46. The van der Waals surface area contributed by atoms with E-state index in [0.29, 0.717) is 6.04 Å². The van der Waals surface area contributed by atoms with Crippen molar-refractivity contribution >= 4 is 17.3 Å². The van der Waals surface area contributed by atoms with E-state index in [1.165, 1.54) is 4.88 Å². The molecule has 0 spiro atoms. The number of guanidine groups is 1. The Morgan fingerprint density at radius 3 is 2.80 bits per heavy atom. The minimum atomic E-state index is -0.135. The lowest BCUT2D eigenvalue weighted by Gasteiger charge is -2.27. The first-order chi connectivity index (χ1) is 12.3. The van der Waals surface area contributed by atoms with Crippen LogP contribution in [0, 0.1) is 0 Å². The smallest absolute Gasteiger partial charge is 0.191 e. The van der Waals surface area contributed by atoms with Gasteiger partial charge in [0.05, 0.1) is 12.4 Å².